The molecule has 1 N–H and O–H groups in total. The molecule has 0 aromatic heterocycles. The number of rotatable bonds is 6. The van der Waals surface area contributed by atoms with Crippen LogP contribution >= 0.6 is 0 Å². The Morgan fingerprint density at radius 2 is 2.13 bits per heavy atom. The van der Waals surface area contributed by atoms with Gasteiger partial charge in [-0.25, -0.2) is 0 Å². The van der Waals surface area contributed by atoms with Crippen molar-refractivity contribution in [3.63, 3.8) is 0 Å². The summed E-state index contributed by atoms with van der Waals surface area (Å²) in [7, 11) is 0. The maximum atomic E-state index is 12.0. The third-order valence-corrected chi connectivity index (χ3v) is 4.42. The second-order valence-corrected chi connectivity index (χ2v) is 6.50. The Morgan fingerprint density at radius 3 is 2.74 bits per heavy atom. The summed E-state index contributed by atoms with van der Waals surface area (Å²) in [4.78, 5) is 24.6. The number of piperidine rings is 1. The SMILES string of the molecule is CC1CCCN(C(C)CNC(=O)Cc2ccc([N+](=O)[O-])cc2)C1. The number of carbonyl (C=O) groups excluding carboxylic acids is 1. The Kier molecular flexibility index (Phi) is 6.10. The van der Waals surface area contributed by atoms with Gasteiger partial charge in [-0.3, -0.25) is 19.8 Å². The van der Waals surface area contributed by atoms with Crippen LogP contribution in [0.25, 0.3) is 0 Å². The number of nitro groups is 1. The van der Waals surface area contributed by atoms with Gasteiger partial charge in [-0.2, -0.15) is 0 Å². The van der Waals surface area contributed by atoms with Crippen LogP contribution in [0.15, 0.2) is 24.3 Å². The molecule has 1 fully saturated rings. The average molecular weight is 319 g/mol. The summed E-state index contributed by atoms with van der Waals surface area (Å²) in [6, 6.07) is 6.46. The molecule has 126 valence electrons. The van der Waals surface area contributed by atoms with Crippen LogP contribution in [0.3, 0.4) is 0 Å². The van der Waals surface area contributed by atoms with Crippen LogP contribution < -0.4 is 5.32 Å². The van der Waals surface area contributed by atoms with Gasteiger partial charge in [-0.05, 0) is 37.8 Å². The van der Waals surface area contributed by atoms with Gasteiger partial charge >= 0.3 is 0 Å². The lowest BCUT2D eigenvalue weighted by Gasteiger charge is -2.35. The Hall–Kier alpha value is -1.95. The Labute approximate surface area is 137 Å². The molecule has 0 saturated carbocycles. The highest BCUT2D eigenvalue weighted by Gasteiger charge is 2.21. The van der Waals surface area contributed by atoms with E-state index >= 15 is 0 Å². The van der Waals surface area contributed by atoms with E-state index in [2.05, 4.69) is 24.1 Å². The summed E-state index contributed by atoms with van der Waals surface area (Å²) < 4.78 is 0. The summed E-state index contributed by atoms with van der Waals surface area (Å²) in [5.74, 6) is 0.678. The smallest absolute Gasteiger partial charge is 0.269 e. The topological polar surface area (TPSA) is 75.5 Å². The predicted octanol–water partition coefficient (Wildman–Crippen LogP) is 2.37. The van der Waals surface area contributed by atoms with Gasteiger partial charge in [-0.15, -0.1) is 0 Å². The van der Waals surface area contributed by atoms with Crippen LogP contribution in [0.2, 0.25) is 0 Å². The lowest BCUT2D eigenvalue weighted by molar-refractivity contribution is -0.384. The minimum atomic E-state index is -0.439. The number of non-ortho nitro benzene ring substituents is 1. The van der Waals surface area contributed by atoms with Gasteiger partial charge in [0.15, 0.2) is 0 Å². The van der Waals surface area contributed by atoms with Crippen molar-refractivity contribution in [1.82, 2.24) is 10.2 Å². The molecule has 0 bridgehead atoms. The first-order valence-electron chi connectivity index (χ1n) is 8.20. The standard InChI is InChI=1S/C17H25N3O3/c1-13-4-3-9-19(12-13)14(2)11-18-17(21)10-15-5-7-16(8-6-15)20(22)23/h5-8,13-14H,3-4,9-12H2,1-2H3,(H,18,21). The van der Waals surface area contributed by atoms with Crippen molar-refractivity contribution in [2.45, 2.75) is 39.2 Å². The molecule has 0 aliphatic carbocycles. The first-order chi connectivity index (χ1) is 11.0. The number of amides is 1. The Bertz CT molecular complexity index is 545. The first-order valence-corrected chi connectivity index (χ1v) is 8.20. The van der Waals surface area contributed by atoms with Gasteiger partial charge < -0.3 is 5.32 Å². The summed E-state index contributed by atoms with van der Waals surface area (Å²) in [5, 5.41) is 13.6. The summed E-state index contributed by atoms with van der Waals surface area (Å²) in [5.41, 5.74) is 0.828. The molecule has 23 heavy (non-hydrogen) atoms. The fraction of sp³-hybridized carbons (Fsp3) is 0.588. The maximum absolute atomic E-state index is 12.0. The third-order valence-electron chi connectivity index (χ3n) is 4.42. The Morgan fingerprint density at radius 1 is 1.43 bits per heavy atom. The molecule has 6 heteroatoms. The summed E-state index contributed by atoms with van der Waals surface area (Å²) in [6.07, 6.45) is 2.76. The van der Waals surface area contributed by atoms with Gasteiger partial charge in [-0.1, -0.05) is 19.1 Å². The molecule has 1 aromatic carbocycles. The quantitative estimate of drug-likeness (QED) is 0.645. The molecule has 1 aliphatic heterocycles. The molecule has 1 aromatic rings. The molecule has 6 nitrogen and oxygen atoms in total. The van der Waals surface area contributed by atoms with Gasteiger partial charge in [0, 0.05) is 31.3 Å². The van der Waals surface area contributed by atoms with E-state index in [0.717, 1.165) is 24.6 Å². The van der Waals surface area contributed by atoms with Crippen LogP contribution in [-0.4, -0.2) is 41.4 Å². The lowest BCUT2D eigenvalue weighted by Crippen LogP contribution is -2.46. The Balaban J connectivity index is 1.77. The van der Waals surface area contributed by atoms with E-state index in [0.29, 0.717) is 12.6 Å². The molecule has 1 saturated heterocycles. The monoisotopic (exact) mass is 319 g/mol. The van der Waals surface area contributed by atoms with E-state index in [1.807, 2.05) is 0 Å². The van der Waals surface area contributed by atoms with E-state index in [4.69, 9.17) is 0 Å². The highest BCUT2D eigenvalue weighted by atomic mass is 16.6. The zero-order chi connectivity index (χ0) is 16.8. The molecule has 2 unspecified atom stereocenters. The molecular formula is C17H25N3O3. The van der Waals surface area contributed by atoms with Crippen molar-refractivity contribution in [2.75, 3.05) is 19.6 Å². The number of benzene rings is 1. The number of carbonyl (C=O) groups is 1. The summed E-state index contributed by atoms with van der Waals surface area (Å²) in [6.45, 7) is 7.25. The normalized spacial score (nSPS) is 20.0. The van der Waals surface area contributed by atoms with E-state index in [1.165, 1.54) is 25.0 Å². The number of nitro benzene ring substituents is 1. The fourth-order valence-corrected chi connectivity index (χ4v) is 3.00. The molecule has 1 heterocycles. The van der Waals surface area contributed by atoms with Gasteiger partial charge in [0.05, 0.1) is 11.3 Å². The number of hydrogen-bond acceptors (Lipinski definition) is 4. The predicted molar refractivity (Wildman–Crippen MR) is 89.2 cm³/mol. The first kappa shape index (κ1) is 17.4. The highest BCUT2D eigenvalue weighted by Crippen LogP contribution is 2.17. The number of hydrogen-bond donors (Lipinski definition) is 1. The van der Waals surface area contributed by atoms with Gasteiger partial charge in [0.2, 0.25) is 5.91 Å². The van der Waals surface area contributed by atoms with Crippen molar-refractivity contribution in [1.29, 1.82) is 0 Å². The fourth-order valence-electron chi connectivity index (χ4n) is 3.00. The number of nitrogens with zero attached hydrogens (tertiary/aromatic N) is 2. The van der Waals surface area contributed by atoms with Crippen molar-refractivity contribution in [3.05, 3.63) is 39.9 Å². The second-order valence-electron chi connectivity index (χ2n) is 6.50. The van der Waals surface area contributed by atoms with Crippen LogP contribution in [-0.2, 0) is 11.2 Å². The largest absolute Gasteiger partial charge is 0.354 e. The average Bonchev–Trinajstić information content (AvgIpc) is 2.53. The molecule has 2 rings (SSSR count). The van der Waals surface area contributed by atoms with Gasteiger partial charge in [0.1, 0.15) is 0 Å². The van der Waals surface area contributed by atoms with E-state index in [1.54, 1.807) is 12.1 Å². The molecule has 0 spiro atoms. The van der Waals surface area contributed by atoms with E-state index < -0.39 is 4.92 Å². The van der Waals surface area contributed by atoms with Crippen molar-refractivity contribution < 1.29 is 9.72 Å². The molecular weight excluding hydrogens is 294 g/mol. The van der Waals surface area contributed by atoms with Crippen molar-refractivity contribution in [2.24, 2.45) is 5.92 Å². The van der Waals surface area contributed by atoms with Gasteiger partial charge in [0.25, 0.3) is 5.69 Å². The maximum Gasteiger partial charge on any atom is 0.269 e. The van der Waals surface area contributed by atoms with Crippen LogP contribution in [0.1, 0.15) is 32.3 Å². The van der Waals surface area contributed by atoms with Crippen LogP contribution in [0.5, 0.6) is 0 Å². The van der Waals surface area contributed by atoms with Crippen molar-refractivity contribution >= 4 is 11.6 Å². The number of nitrogens with one attached hydrogen (secondary N) is 1. The summed E-state index contributed by atoms with van der Waals surface area (Å²) >= 11 is 0. The number of likely N-dealkylation sites (tertiary alicyclic amines) is 1. The third kappa shape index (κ3) is 5.32. The zero-order valence-electron chi connectivity index (χ0n) is 13.8. The van der Waals surface area contributed by atoms with Crippen LogP contribution in [0.4, 0.5) is 5.69 Å². The van der Waals surface area contributed by atoms with E-state index in [-0.39, 0.29) is 18.0 Å². The molecule has 0 radical (unpaired) electrons. The highest BCUT2D eigenvalue weighted by molar-refractivity contribution is 5.78. The molecule has 1 aliphatic rings. The molecule has 1 amide bonds. The van der Waals surface area contributed by atoms with Crippen molar-refractivity contribution in [3.8, 4) is 0 Å². The van der Waals surface area contributed by atoms with E-state index in [9.17, 15) is 14.9 Å². The molecule has 2 atom stereocenters. The minimum Gasteiger partial charge on any atom is -0.354 e. The van der Waals surface area contributed by atoms with Crippen LogP contribution in [0, 0.1) is 16.0 Å². The lowest BCUT2D eigenvalue weighted by atomic mass is 9.99. The minimum absolute atomic E-state index is 0.0435. The zero-order valence-corrected chi connectivity index (χ0v) is 13.8. The second kappa shape index (κ2) is 8.06.